The lowest BCUT2D eigenvalue weighted by Gasteiger charge is -2.23. The van der Waals surface area contributed by atoms with E-state index in [1.54, 1.807) is 0 Å². The number of aliphatic carboxylic acids is 1. The van der Waals surface area contributed by atoms with Crippen LogP contribution in [0.4, 0.5) is 0 Å². The molecule has 0 bridgehead atoms. The normalized spacial score (nSPS) is 19.4. The number of carboxylic acids is 1. The van der Waals surface area contributed by atoms with E-state index in [0.717, 1.165) is 22.8 Å². The summed E-state index contributed by atoms with van der Waals surface area (Å²) in [7, 11) is 0. The van der Waals surface area contributed by atoms with Gasteiger partial charge in [0.2, 0.25) is 5.91 Å². The molecule has 0 aromatic carbocycles. The summed E-state index contributed by atoms with van der Waals surface area (Å²) in [6.45, 7) is 6.64. The van der Waals surface area contributed by atoms with Gasteiger partial charge in [0.1, 0.15) is 5.70 Å². The zero-order valence-electron chi connectivity index (χ0n) is 11.5. The summed E-state index contributed by atoms with van der Waals surface area (Å²) < 4.78 is 0.772. The van der Waals surface area contributed by atoms with Crippen molar-refractivity contribution in [2.24, 2.45) is 5.73 Å². The Morgan fingerprint density at radius 2 is 2.35 bits per heavy atom. The maximum Gasteiger partial charge on any atom is 0.352 e. The second-order valence-electron chi connectivity index (χ2n) is 4.40. The van der Waals surface area contributed by atoms with E-state index >= 15 is 0 Å². The topological polar surface area (TPSA) is 83.6 Å². The Kier molecular flexibility index (Phi) is 7.01. The zero-order valence-corrected chi connectivity index (χ0v) is 13.1. The Labute approximate surface area is 127 Å². The van der Waals surface area contributed by atoms with Crippen molar-refractivity contribution in [3.63, 3.8) is 0 Å². The minimum absolute atomic E-state index is 0.197. The van der Waals surface area contributed by atoms with E-state index in [1.165, 1.54) is 28.9 Å². The second kappa shape index (κ2) is 8.26. The summed E-state index contributed by atoms with van der Waals surface area (Å²) in [4.78, 5) is 24.2. The van der Waals surface area contributed by atoms with Gasteiger partial charge in [-0.3, -0.25) is 4.79 Å². The van der Waals surface area contributed by atoms with Crippen LogP contribution in [0.5, 0.6) is 0 Å². The van der Waals surface area contributed by atoms with Crippen LogP contribution >= 0.6 is 23.5 Å². The van der Waals surface area contributed by atoms with Gasteiger partial charge in [-0.25, -0.2) is 4.79 Å². The molecule has 1 heterocycles. The molecule has 1 aliphatic rings. The average molecular weight is 316 g/mol. The van der Waals surface area contributed by atoms with Gasteiger partial charge < -0.3 is 15.7 Å². The van der Waals surface area contributed by atoms with E-state index in [0.29, 0.717) is 19.0 Å². The molecular formula is C13H20N2O3S2. The Balaban J connectivity index is 2.30. The lowest BCUT2D eigenvalue weighted by molar-refractivity contribution is -0.132. The summed E-state index contributed by atoms with van der Waals surface area (Å²) in [6, 6.07) is 0.367. The number of hydrogen-bond acceptors (Lipinski definition) is 5. The molecule has 5 nitrogen and oxygen atoms in total. The van der Waals surface area contributed by atoms with Gasteiger partial charge in [-0.1, -0.05) is 25.3 Å². The maximum absolute atomic E-state index is 11.7. The van der Waals surface area contributed by atoms with E-state index in [1.807, 2.05) is 4.90 Å². The van der Waals surface area contributed by atoms with Crippen molar-refractivity contribution in [3.05, 3.63) is 21.9 Å². The number of thioether (sulfide) groups is 2. The van der Waals surface area contributed by atoms with Crippen molar-refractivity contribution in [3.8, 4) is 0 Å². The highest BCUT2D eigenvalue weighted by molar-refractivity contribution is 8.23. The molecule has 3 N–H and O–H groups in total. The van der Waals surface area contributed by atoms with Crippen molar-refractivity contribution < 1.29 is 14.7 Å². The summed E-state index contributed by atoms with van der Waals surface area (Å²) in [5.74, 6) is -0.149. The van der Waals surface area contributed by atoms with Crippen LogP contribution in [0.25, 0.3) is 0 Å². The molecule has 0 aliphatic carbocycles. The Hall–Kier alpha value is -1.08. The largest absolute Gasteiger partial charge is 0.477 e. The fourth-order valence-corrected chi connectivity index (χ4v) is 3.54. The number of rotatable bonds is 8. The van der Waals surface area contributed by atoms with Gasteiger partial charge in [0.25, 0.3) is 0 Å². The number of carbonyl (C=O) groups is 2. The molecule has 1 aliphatic heterocycles. The first kappa shape index (κ1) is 17.0. The van der Waals surface area contributed by atoms with Gasteiger partial charge in [-0.15, -0.1) is 11.8 Å². The fourth-order valence-electron chi connectivity index (χ4n) is 2.00. The third-order valence-electron chi connectivity index (χ3n) is 3.08. The molecule has 1 amide bonds. The van der Waals surface area contributed by atoms with Gasteiger partial charge in [0.05, 0.1) is 0 Å². The van der Waals surface area contributed by atoms with E-state index < -0.39 is 5.97 Å². The Bertz CT molecular complexity index is 424. The molecule has 1 saturated heterocycles. The van der Waals surface area contributed by atoms with E-state index in [-0.39, 0.29) is 11.6 Å². The molecular weight excluding hydrogens is 296 g/mol. The SMILES string of the molecule is C=C(S/C=C(\N)C(=O)O)SCCN1C(=O)CCC1CC. The van der Waals surface area contributed by atoms with Crippen LogP contribution in [0.15, 0.2) is 21.9 Å². The molecule has 20 heavy (non-hydrogen) atoms. The van der Waals surface area contributed by atoms with Crippen molar-refractivity contribution in [1.29, 1.82) is 0 Å². The maximum atomic E-state index is 11.7. The van der Waals surface area contributed by atoms with Crippen LogP contribution in [-0.2, 0) is 9.59 Å². The summed E-state index contributed by atoms with van der Waals surface area (Å²) in [6.07, 6.45) is 2.59. The molecule has 0 radical (unpaired) electrons. The fraction of sp³-hybridized carbons (Fsp3) is 0.538. The van der Waals surface area contributed by atoms with E-state index in [2.05, 4.69) is 13.5 Å². The standard InChI is InChI=1S/C13H20N2O3S2/c1-3-10-4-5-12(16)15(10)6-7-19-9(2)20-8-11(14)13(17)18/h8,10H,2-7,14H2,1H3,(H,17,18)/b11-8-. The van der Waals surface area contributed by atoms with E-state index in [9.17, 15) is 9.59 Å². The average Bonchev–Trinajstić information content (AvgIpc) is 2.76. The van der Waals surface area contributed by atoms with Crippen LogP contribution in [-0.4, -0.2) is 40.2 Å². The highest BCUT2D eigenvalue weighted by atomic mass is 32.2. The van der Waals surface area contributed by atoms with Gasteiger partial charge in [-0.2, -0.15) is 0 Å². The van der Waals surface area contributed by atoms with Gasteiger partial charge in [-0.05, 0) is 12.8 Å². The monoisotopic (exact) mass is 316 g/mol. The molecule has 1 atom stereocenters. The van der Waals surface area contributed by atoms with Gasteiger partial charge >= 0.3 is 5.97 Å². The molecule has 0 aromatic heterocycles. The Morgan fingerprint density at radius 1 is 1.65 bits per heavy atom. The minimum Gasteiger partial charge on any atom is -0.477 e. The van der Waals surface area contributed by atoms with Crippen LogP contribution < -0.4 is 5.73 Å². The first-order chi connectivity index (χ1) is 9.45. The molecule has 1 unspecified atom stereocenters. The number of carbonyl (C=O) groups excluding carboxylic acids is 1. The predicted octanol–water partition coefficient (Wildman–Crippen LogP) is 2.21. The predicted molar refractivity (Wildman–Crippen MR) is 84.1 cm³/mol. The molecule has 112 valence electrons. The molecule has 0 saturated carbocycles. The lowest BCUT2D eigenvalue weighted by atomic mass is 10.2. The number of amides is 1. The number of nitrogens with two attached hydrogens (primary N) is 1. The molecule has 7 heteroatoms. The summed E-state index contributed by atoms with van der Waals surface area (Å²) in [5.41, 5.74) is 5.09. The smallest absolute Gasteiger partial charge is 0.352 e. The van der Waals surface area contributed by atoms with Crippen LogP contribution in [0.3, 0.4) is 0 Å². The Morgan fingerprint density at radius 3 is 2.95 bits per heavy atom. The van der Waals surface area contributed by atoms with Gasteiger partial charge in [0.15, 0.2) is 0 Å². The van der Waals surface area contributed by atoms with Crippen molar-refractivity contribution in [2.45, 2.75) is 32.2 Å². The number of carboxylic acid groups (broad SMARTS) is 1. The first-order valence-corrected chi connectivity index (χ1v) is 8.29. The highest BCUT2D eigenvalue weighted by Crippen LogP contribution is 2.29. The highest BCUT2D eigenvalue weighted by Gasteiger charge is 2.28. The quantitative estimate of drug-likeness (QED) is 0.668. The number of likely N-dealkylation sites (tertiary alicyclic amines) is 1. The third-order valence-corrected chi connectivity index (χ3v) is 5.07. The lowest BCUT2D eigenvalue weighted by Crippen LogP contribution is -2.34. The van der Waals surface area contributed by atoms with Gasteiger partial charge in [0, 0.05) is 34.4 Å². The summed E-state index contributed by atoms with van der Waals surface area (Å²) in [5, 5.41) is 9.98. The second-order valence-corrected chi connectivity index (χ2v) is 6.82. The minimum atomic E-state index is -1.14. The van der Waals surface area contributed by atoms with Crippen LogP contribution in [0.1, 0.15) is 26.2 Å². The third kappa shape index (κ3) is 5.13. The van der Waals surface area contributed by atoms with Crippen LogP contribution in [0.2, 0.25) is 0 Å². The molecule has 1 fully saturated rings. The van der Waals surface area contributed by atoms with E-state index in [4.69, 9.17) is 10.8 Å². The van der Waals surface area contributed by atoms with Crippen molar-refractivity contribution >= 4 is 35.4 Å². The molecule has 0 spiro atoms. The van der Waals surface area contributed by atoms with Crippen molar-refractivity contribution in [1.82, 2.24) is 4.90 Å². The first-order valence-electron chi connectivity index (χ1n) is 6.42. The van der Waals surface area contributed by atoms with Crippen molar-refractivity contribution in [2.75, 3.05) is 12.3 Å². The molecule has 0 aromatic rings. The number of nitrogens with zero attached hydrogens (tertiary/aromatic N) is 1. The van der Waals surface area contributed by atoms with Crippen LogP contribution in [0, 0.1) is 0 Å². The number of hydrogen-bond donors (Lipinski definition) is 2. The zero-order chi connectivity index (χ0) is 15.1. The molecule has 1 rings (SSSR count). The summed E-state index contributed by atoms with van der Waals surface area (Å²) >= 11 is 2.71.